The monoisotopic (exact) mass is 809 g/mol. The van der Waals surface area contributed by atoms with E-state index >= 15 is 0 Å². The fourth-order valence-corrected chi connectivity index (χ4v) is 7.61. The van der Waals surface area contributed by atoms with Gasteiger partial charge in [-0.05, 0) is 98.5 Å². The smallest absolute Gasteiger partial charge is 0.119 e. The Labute approximate surface area is 366 Å². The Kier molecular flexibility index (Phi) is 24.4. The van der Waals surface area contributed by atoms with E-state index in [-0.39, 0.29) is 0 Å². The molecule has 0 fully saturated rings. The maximum atomic E-state index is 6.00. The molecule has 2 aromatic heterocycles. The highest BCUT2D eigenvalue weighted by molar-refractivity contribution is 5.64. The Morgan fingerprint density at radius 3 is 0.950 bits per heavy atom. The van der Waals surface area contributed by atoms with Gasteiger partial charge >= 0.3 is 0 Å². The van der Waals surface area contributed by atoms with Gasteiger partial charge in [0.15, 0.2) is 0 Å². The first-order valence-corrected chi connectivity index (χ1v) is 24.0. The highest BCUT2D eigenvalue weighted by Gasteiger charge is 2.10. The number of aromatic nitrogens is 2. The van der Waals surface area contributed by atoms with Crippen molar-refractivity contribution in [1.82, 2.24) is 9.97 Å². The van der Waals surface area contributed by atoms with E-state index in [9.17, 15) is 0 Å². The van der Waals surface area contributed by atoms with Crippen LogP contribution in [0.2, 0.25) is 0 Å². The van der Waals surface area contributed by atoms with Gasteiger partial charge in [0.25, 0.3) is 0 Å². The van der Waals surface area contributed by atoms with E-state index in [2.05, 4.69) is 63.5 Å². The molecule has 0 unspecified atom stereocenters. The molecule has 0 spiro atoms. The standard InChI is InChI=1S/C56H76N2O2/c1-5-7-9-11-13-15-17-19-21-23-25-27-41-59-53-37-33-49(34-38-53)29-31-51-43-47(3)55(57-45-51)56-48(4)44-52(46-58-56)32-30-50-35-39-54(40-36-50)60-42-28-26-24-22-20-18-16-14-12-10-8-6-2/h33-40,43-46H,5-28,41-42H2,1-4H3. The fraction of sp³-hybridized carbons (Fsp3) is 0.536. The molecule has 0 N–H and O–H groups in total. The molecular weight excluding hydrogens is 733 g/mol. The predicted octanol–water partition coefficient (Wildman–Crippen LogP) is 15.7. The zero-order valence-electron chi connectivity index (χ0n) is 38.0. The van der Waals surface area contributed by atoms with Crippen molar-refractivity contribution in [3.63, 3.8) is 0 Å². The van der Waals surface area contributed by atoms with Crippen molar-refractivity contribution in [3.8, 4) is 46.6 Å². The van der Waals surface area contributed by atoms with Gasteiger partial charge in [-0.2, -0.15) is 0 Å². The second kappa shape index (κ2) is 30.5. The third-order valence-electron chi connectivity index (χ3n) is 11.3. The van der Waals surface area contributed by atoms with Crippen molar-refractivity contribution in [2.45, 2.75) is 182 Å². The molecule has 0 saturated heterocycles. The van der Waals surface area contributed by atoms with Crippen LogP contribution in [0.3, 0.4) is 0 Å². The summed E-state index contributed by atoms with van der Waals surface area (Å²) in [7, 11) is 0. The van der Waals surface area contributed by atoms with Crippen LogP contribution in [0.25, 0.3) is 11.4 Å². The lowest BCUT2D eigenvalue weighted by atomic mass is 10.0. The van der Waals surface area contributed by atoms with E-state index in [1.807, 2.05) is 60.9 Å². The zero-order valence-corrected chi connectivity index (χ0v) is 38.0. The lowest BCUT2D eigenvalue weighted by Crippen LogP contribution is -1.97. The van der Waals surface area contributed by atoms with Crippen LogP contribution < -0.4 is 9.47 Å². The maximum Gasteiger partial charge on any atom is 0.119 e. The Bertz CT molecular complexity index is 1730. The van der Waals surface area contributed by atoms with E-state index < -0.39 is 0 Å². The highest BCUT2D eigenvalue weighted by atomic mass is 16.5. The minimum absolute atomic E-state index is 0.772. The third-order valence-corrected chi connectivity index (χ3v) is 11.3. The SMILES string of the molecule is CCCCCCCCCCCCCCOc1ccc(C#Cc2cnc(-c3ncc(C#Cc4ccc(OCCCCCCCCCCCCCC)cc4)cc3C)c(C)c2)cc1. The van der Waals surface area contributed by atoms with Crippen molar-refractivity contribution in [2.24, 2.45) is 0 Å². The van der Waals surface area contributed by atoms with Crippen LogP contribution in [0.4, 0.5) is 0 Å². The molecular formula is C56H76N2O2. The van der Waals surface area contributed by atoms with Crippen molar-refractivity contribution in [2.75, 3.05) is 13.2 Å². The van der Waals surface area contributed by atoms with Gasteiger partial charge in [-0.25, -0.2) is 0 Å². The number of pyridine rings is 2. The topological polar surface area (TPSA) is 44.2 Å². The summed E-state index contributed by atoms with van der Waals surface area (Å²) in [5.74, 6) is 15.0. The van der Waals surface area contributed by atoms with Crippen LogP contribution >= 0.6 is 0 Å². The summed E-state index contributed by atoms with van der Waals surface area (Å²) in [6.07, 6.45) is 36.1. The molecule has 0 saturated carbocycles. The average molecular weight is 809 g/mol. The summed E-state index contributed by atoms with van der Waals surface area (Å²) in [5, 5.41) is 0. The molecule has 0 aliphatic heterocycles. The number of benzene rings is 2. The van der Waals surface area contributed by atoms with Crippen molar-refractivity contribution in [3.05, 3.63) is 106 Å². The first-order chi connectivity index (χ1) is 29.6. The van der Waals surface area contributed by atoms with Gasteiger partial charge in [0.2, 0.25) is 0 Å². The zero-order chi connectivity index (χ0) is 42.3. The van der Waals surface area contributed by atoms with Gasteiger partial charge in [-0.3, -0.25) is 9.97 Å². The number of aryl methyl sites for hydroxylation is 2. The summed E-state index contributed by atoms with van der Waals surface area (Å²) in [4.78, 5) is 9.56. The molecule has 0 aliphatic rings. The summed E-state index contributed by atoms with van der Waals surface area (Å²) in [6, 6.07) is 20.4. The normalized spacial score (nSPS) is 10.8. The fourth-order valence-electron chi connectivity index (χ4n) is 7.61. The molecule has 4 rings (SSSR count). The lowest BCUT2D eigenvalue weighted by molar-refractivity contribution is 0.304. The van der Waals surface area contributed by atoms with E-state index in [0.29, 0.717) is 0 Å². The molecule has 60 heavy (non-hydrogen) atoms. The molecule has 4 nitrogen and oxygen atoms in total. The number of nitrogens with zero attached hydrogens (tertiary/aromatic N) is 2. The minimum Gasteiger partial charge on any atom is -0.494 e. The average Bonchev–Trinajstić information content (AvgIpc) is 3.26. The number of rotatable bonds is 29. The quantitative estimate of drug-likeness (QED) is 0.0405. The molecule has 322 valence electrons. The van der Waals surface area contributed by atoms with Crippen molar-refractivity contribution < 1.29 is 9.47 Å². The van der Waals surface area contributed by atoms with Gasteiger partial charge in [0, 0.05) is 34.6 Å². The first kappa shape index (κ1) is 48.1. The molecule has 0 radical (unpaired) electrons. The molecule has 4 aromatic rings. The van der Waals surface area contributed by atoms with Crippen LogP contribution in [-0.2, 0) is 0 Å². The summed E-state index contributed by atoms with van der Waals surface area (Å²) >= 11 is 0. The van der Waals surface area contributed by atoms with Gasteiger partial charge in [-0.1, -0.05) is 179 Å². The van der Waals surface area contributed by atoms with Gasteiger partial charge in [0.05, 0.1) is 24.6 Å². The van der Waals surface area contributed by atoms with Crippen LogP contribution in [-0.4, -0.2) is 23.2 Å². The molecule has 2 aromatic carbocycles. The van der Waals surface area contributed by atoms with E-state index in [1.54, 1.807) is 0 Å². The van der Waals surface area contributed by atoms with Gasteiger partial charge < -0.3 is 9.47 Å². The Balaban J connectivity index is 1.12. The number of unbranched alkanes of at least 4 members (excludes halogenated alkanes) is 22. The predicted molar refractivity (Wildman–Crippen MR) is 255 cm³/mol. The number of hydrogen-bond donors (Lipinski definition) is 0. The van der Waals surface area contributed by atoms with Crippen molar-refractivity contribution in [1.29, 1.82) is 0 Å². The molecule has 0 atom stereocenters. The summed E-state index contributed by atoms with van der Waals surface area (Å²) in [6.45, 7) is 10.2. The Morgan fingerprint density at radius 1 is 0.367 bits per heavy atom. The van der Waals surface area contributed by atoms with Crippen LogP contribution in [0.5, 0.6) is 11.5 Å². The molecule has 0 aliphatic carbocycles. The van der Waals surface area contributed by atoms with E-state index in [4.69, 9.17) is 19.4 Å². The Morgan fingerprint density at radius 2 is 0.650 bits per heavy atom. The van der Waals surface area contributed by atoms with Crippen molar-refractivity contribution >= 4 is 0 Å². The molecule has 4 heteroatoms. The van der Waals surface area contributed by atoms with Gasteiger partial charge in [0.1, 0.15) is 11.5 Å². The largest absolute Gasteiger partial charge is 0.494 e. The molecule has 0 bridgehead atoms. The van der Waals surface area contributed by atoms with E-state index in [1.165, 1.54) is 141 Å². The first-order valence-electron chi connectivity index (χ1n) is 24.0. The van der Waals surface area contributed by atoms with Crippen LogP contribution in [0, 0.1) is 37.5 Å². The minimum atomic E-state index is 0.772. The molecule has 0 amide bonds. The Hall–Kier alpha value is -4.54. The lowest BCUT2D eigenvalue weighted by Gasteiger charge is -2.08. The maximum absolute atomic E-state index is 6.00. The van der Waals surface area contributed by atoms with E-state index in [0.717, 1.165) is 82.3 Å². The third kappa shape index (κ3) is 20.1. The highest BCUT2D eigenvalue weighted by Crippen LogP contribution is 2.24. The second-order valence-electron chi connectivity index (χ2n) is 16.8. The summed E-state index contributed by atoms with van der Waals surface area (Å²) < 4.78 is 12.0. The van der Waals surface area contributed by atoms with Gasteiger partial charge in [-0.15, -0.1) is 0 Å². The number of ether oxygens (including phenoxy) is 2. The molecule has 2 heterocycles. The number of hydrogen-bond acceptors (Lipinski definition) is 4. The summed E-state index contributed by atoms with van der Waals surface area (Å²) in [5.41, 5.74) is 7.49. The van der Waals surface area contributed by atoms with Crippen LogP contribution in [0.1, 0.15) is 201 Å². The second-order valence-corrected chi connectivity index (χ2v) is 16.8. The van der Waals surface area contributed by atoms with Crippen LogP contribution in [0.15, 0.2) is 73.1 Å².